The molecule has 11 heteroatoms. The van der Waals surface area contributed by atoms with E-state index in [4.69, 9.17) is 18.9 Å². The lowest BCUT2D eigenvalue weighted by molar-refractivity contribution is 0.292. The van der Waals surface area contributed by atoms with Crippen molar-refractivity contribution in [2.24, 2.45) is 15.9 Å². The average Bonchev–Trinajstić information content (AvgIpc) is 3.18. The van der Waals surface area contributed by atoms with Gasteiger partial charge in [0.2, 0.25) is 0 Å². The van der Waals surface area contributed by atoms with Gasteiger partial charge >= 0.3 is 0 Å². The largest absolute Gasteiger partial charge is 0.507 e. The van der Waals surface area contributed by atoms with E-state index in [1.807, 2.05) is 42.5 Å². The first kappa shape index (κ1) is 44.9. The minimum absolute atomic E-state index is 0. The number of hydrogen-bond acceptors (Lipinski definition) is 10. The molecule has 0 saturated carbocycles. The van der Waals surface area contributed by atoms with Crippen LogP contribution < -0.4 is 18.9 Å². The van der Waals surface area contributed by atoms with Crippen LogP contribution in [0, 0.1) is 17.2 Å². The number of phenols is 2. The van der Waals surface area contributed by atoms with Crippen LogP contribution in [0.1, 0.15) is 48.9 Å². The zero-order valence-corrected chi connectivity index (χ0v) is 33.3. The molecule has 1 unspecified atom stereocenters. The molecule has 0 aliphatic carbocycles. The molecule has 0 aromatic heterocycles. The Morgan fingerprint density at radius 1 is 0.722 bits per heavy atom. The first-order valence-corrected chi connectivity index (χ1v) is 17.7. The van der Waals surface area contributed by atoms with Gasteiger partial charge in [-0.3, -0.25) is 9.98 Å². The molecule has 4 aromatic carbocycles. The summed E-state index contributed by atoms with van der Waals surface area (Å²) in [6.07, 6.45) is 5.87. The second kappa shape index (κ2) is 23.4. The van der Waals surface area contributed by atoms with Gasteiger partial charge in [-0.15, -0.1) is 12.4 Å². The summed E-state index contributed by atoms with van der Waals surface area (Å²) < 4.78 is 21.6. The normalized spacial score (nSPS) is 12.1. The van der Waals surface area contributed by atoms with Crippen LogP contribution in [-0.2, 0) is 11.8 Å². The van der Waals surface area contributed by atoms with E-state index in [9.17, 15) is 15.5 Å². The van der Waals surface area contributed by atoms with Crippen molar-refractivity contribution in [3.63, 3.8) is 0 Å². The topological polar surface area (TPSA) is 129 Å². The quantitative estimate of drug-likeness (QED) is 0.0769. The van der Waals surface area contributed by atoms with Crippen LogP contribution >= 0.6 is 12.4 Å². The van der Waals surface area contributed by atoms with Gasteiger partial charge in [0.25, 0.3) is 0 Å². The highest BCUT2D eigenvalue weighted by Gasteiger charge is 2.36. The molecule has 0 bridgehead atoms. The highest BCUT2D eigenvalue weighted by Crippen LogP contribution is 2.40. The Morgan fingerprint density at radius 2 is 1.22 bits per heavy atom. The molecule has 0 aliphatic rings. The molecule has 0 amide bonds. The number of hydrogen-bond donors (Lipinski definition) is 2. The SMILES string of the molecule is COc1ccc(CCN(C)CCCC(C#N)(c2ccc(OC)c(OC)c2)C(C)C)cc1OC.Cl.Oc1ccccc1C=NCCN=Cc1ccccc1O. The predicted molar refractivity (Wildman–Crippen MR) is 220 cm³/mol. The van der Waals surface area contributed by atoms with Gasteiger partial charge in [0.05, 0.1) is 53.0 Å². The van der Waals surface area contributed by atoms with Crippen molar-refractivity contribution in [2.75, 3.05) is 61.7 Å². The number of likely N-dealkylation sites (N-methyl/N-ethyl adjacent to an activating group) is 1. The lowest BCUT2D eigenvalue weighted by Gasteiger charge is -2.32. The van der Waals surface area contributed by atoms with Gasteiger partial charge in [0.15, 0.2) is 23.0 Å². The summed E-state index contributed by atoms with van der Waals surface area (Å²) in [6.45, 7) is 7.11. The fourth-order valence-corrected chi connectivity index (χ4v) is 5.86. The lowest BCUT2D eigenvalue weighted by Crippen LogP contribution is -2.32. The lowest BCUT2D eigenvalue weighted by atomic mass is 9.69. The van der Waals surface area contributed by atoms with Crippen molar-refractivity contribution in [1.29, 1.82) is 5.26 Å². The maximum Gasteiger partial charge on any atom is 0.161 e. The van der Waals surface area contributed by atoms with E-state index in [2.05, 4.69) is 47.9 Å². The van der Waals surface area contributed by atoms with Gasteiger partial charge in [-0.25, -0.2) is 0 Å². The first-order chi connectivity index (χ1) is 25.6. The Morgan fingerprint density at radius 3 is 1.70 bits per heavy atom. The van der Waals surface area contributed by atoms with E-state index >= 15 is 0 Å². The summed E-state index contributed by atoms with van der Waals surface area (Å²) in [5, 5.41) is 29.3. The Labute approximate surface area is 327 Å². The zero-order valence-electron chi connectivity index (χ0n) is 32.5. The number of benzene rings is 4. The maximum absolute atomic E-state index is 10.2. The Balaban J connectivity index is 0.000000410. The predicted octanol–water partition coefficient (Wildman–Crippen LogP) is 8.15. The third-order valence-corrected chi connectivity index (χ3v) is 9.12. The monoisotopic (exact) mass is 758 g/mol. The number of halogens is 1. The molecule has 4 rings (SSSR count). The molecule has 1 atom stereocenters. The molecule has 10 nitrogen and oxygen atoms in total. The van der Waals surface area contributed by atoms with Crippen molar-refractivity contribution >= 4 is 24.8 Å². The molecule has 0 saturated heterocycles. The van der Waals surface area contributed by atoms with Gasteiger partial charge in [-0.2, -0.15) is 5.26 Å². The van der Waals surface area contributed by atoms with Crippen LogP contribution in [0.3, 0.4) is 0 Å². The summed E-state index contributed by atoms with van der Waals surface area (Å²) >= 11 is 0. The van der Waals surface area contributed by atoms with Crippen LogP contribution in [0.4, 0.5) is 0 Å². The summed E-state index contributed by atoms with van der Waals surface area (Å²) in [5.74, 6) is 3.42. The van der Waals surface area contributed by atoms with Gasteiger partial charge in [-0.1, -0.05) is 50.2 Å². The Bertz CT molecular complexity index is 1770. The molecule has 0 spiro atoms. The highest BCUT2D eigenvalue weighted by atomic mass is 35.5. The number of nitrogens with zero attached hydrogens (tertiary/aromatic N) is 4. The van der Waals surface area contributed by atoms with E-state index in [-0.39, 0.29) is 29.8 Å². The highest BCUT2D eigenvalue weighted by molar-refractivity contribution is 5.85. The third kappa shape index (κ3) is 13.0. The molecule has 0 aliphatic heterocycles. The average molecular weight is 759 g/mol. The smallest absolute Gasteiger partial charge is 0.161 e. The molecule has 0 heterocycles. The second-order valence-corrected chi connectivity index (χ2v) is 12.8. The number of nitriles is 1. The number of aliphatic imine (C=N–C) groups is 2. The van der Waals surface area contributed by atoms with Crippen LogP contribution in [0.5, 0.6) is 34.5 Å². The van der Waals surface area contributed by atoms with E-state index in [0.717, 1.165) is 49.4 Å². The summed E-state index contributed by atoms with van der Waals surface area (Å²) in [6, 6.07) is 28.6. The number of ether oxygens (including phenoxy) is 4. The van der Waals surface area contributed by atoms with Crippen molar-refractivity contribution < 1.29 is 29.2 Å². The zero-order chi connectivity index (χ0) is 38.6. The second-order valence-electron chi connectivity index (χ2n) is 12.8. The number of para-hydroxylation sites is 2. The van der Waals surface area contributed by atoms with Crippen LogP contribution in [-0.4, -0.2) is 89.2 Å². The minimum atomic E-state index is -0.580. The van der Waals surface area contributed by atoms with E-state index in [0.29, 0.717) is 35.7 Å². The van der Waals surface area contributed by atoms with Gasteiger partial charge in [0.1, 0.15) is 11.5 Å². The molecule has 2 N–H and O–H groups in total. The summed E-state index contributed by atoms with van der Waals surface area (Å²) in [7, 11) is 8.67. The number of phenolic OH excluding ortho intramolecular Hbond substituents is 2. The van der Waals surface area contributed by atoms with E-state index in [1.165, 1.54) is 5.56 Å². The number of methoxy groups -OCH3 is 4. The Hall–Kier alpha value is -5.24. The van der Waals surface area contributed by atoms with Crippen molar-refractivity contribution in [1.82, 2.24) is 4.90 Å². The van der Waals surface area contributed by atoms with Gasteiger partial charge in [0, 0.05) is 30.1 Å². The van der Waals surface area contributed by atoms with Gasteiger partial charge in [-0.05, 0) is 98.4 Å². The fourth-order valence-electron chi connectivity index (χ4n) is 5.86. The van der Waals surface area contributed by atoms with E-state index in [1.54, 1.807) is 77.3 Å². The molecular weight excluding hydrogens is 704 g/mol. The van der Waals surface area contributed by atoms with Crippen LogP contribution in [0.25, 0.3) is 0 Å². The molecule has 290 valence electrons. The minimum Gasteiger partial charge on any atom is -0.507 e. The molecule has 54 heavy (non-hydrogen) atoms. The number of rotatable bonds is 18. The maximum atomic E-state index is 10.2. The third-order valence-electron chi connectivity index (χ3n) is 9.12. The van der Waals surface area contributed by atoms with Crippen LogP contribution in [0.15, 0.2) is 94.9 Å². The molecular formula is C43H55ClN4O6. The molecule has 4 aromatic rings. The van der Waals surface area contributed by atoms with Crippen LogP contribution in [0.2, 0.25) is 0 Å². The van der Waals surface area contributed by atoms with Crippen molar-refractivity contribution in [3.8, 4) is 40.6 Å². The van der Waals surface area contributed by atoms with Crippen molar-refractivity contribution in [3.05, 3.63) is 107 Å². The number of aromatic hydroxyl groups is 2. The summed E-state index contributed by atoms with van der Waals surface area (Å²) in [4.78, 5) is 10.7. The van der Waals surface area contributed by atoms with E-state index < -0.39 is 5.41 Å². The van der Waals surface area contributed by atoms with Gasteiger partial charge < -0.3 is 34.1 Å². The molecule has 0 fully saturated rings. The fraction of sp³-hybridized carbons (Fsp3) is 0.372. The standard InChI is InChI=1S/C27H38N2O4.C16H16N2O2.ClH/c1-20(2)27(19-28,22-10-12-24(31-5)26(18-22)33-7)14-8-15-29(3)16-13-21-9-11-23(30-4)25(17-21)32-6;19-15-7-3-1-5-13(15)11-17-9-10-18-12-14-6-2-4-8-16(14)20;/h9-12,17-18,20H,8,13-16H2,1-7H3;1-8,11-12,19-20H,9-10H2;1H. The van der Waals surface area contributed by atoms with Crippen molar-refractivity contribution in [2.45, 2.75) is 38.5 Å². The Kier molecular flexibility index (Phi) is 19.5. The summed E-state index contributed by atoms with van der Waals surface area (Å²) in [5.41, 5.74) is 2.99. The molecule has 0 radical (unpaired) electrons. The first-order valence-electron chi connectivity index (χ1n) is 17.7.